The van der Waals surface area contributed by atoms with Gasteiger partial charge in [-0.1, -0.05) is 79.4 Å². The molecule has 0 unspecified atom stereocenters. The number of aliphatic hydroxyl groups excluding tert-OH is 1. The predicted octanol–water partition coefficient (Wildman–Crippen LogP) is 9.30. The van der Waals surface area contributed by atoms with Gasteiger partial charge in [-0.25, -0.2) is 9.59 Å². The molecule has 308 valence electrons. The van der Waals surface area contributed by atoms with Crippen molar-refractivity contribution in [2.75, 3.05) is 20.3 Å². The minimum absolute atomic E-state index is 0.00380. The van der Waals surface area contributed by atoms with E-state index in [1.165, 1.54) is 5.56 Å². The van der Waals surface area contributed by atoms with Crippen molar-refractivity contribution in [2.45, 2.75) is 122 Å². The summed E-state index contributed by atoms with van der Waals surface area (Å²) in [6, 6.07) is 24.2. The van der Waals surface area contributed by atoms with Crippen molar-refractivity contribution in [1.29, 1.82) is 0 Å². The van der Waals surface area contributed by atoms with Crippen molar-refractivity contribution >= 4 is 22.9 Å². The third-order valence-electron chi connectivity index (χ3n) is 12.8. The molecular formula is C49H58O9. The van der Waals surface area contributed by atoms with Crippen LogP contribution in [0.25, 0.3) is 11.0 Å². The van der Waals surface area contributed by atoms with Crippen LogP contribution in [-0.4, -0.2) is 49.1 Å². The van der Waals surface area contributed by atoms with E-state index in [2.05, 4.69) is 36.4 Å². The van der Waals surface area contributed by atoms with Crippen LogP contribution in [0.1, 0.15) is 118 Å². The lowest BCUT2D eigenvalue weighted by Gasteiger charge is -2.49. The Hall–Kier alpha value is -4.73. The molecule has 9 heteroatoms. The number of ether oxygens (including phenoxy) is 4. The first-order valence-electron chi connectivity index (χ1n) is 21.2. The molecule has 58 heavy (non-hydrogen) atoms. The molecule has 3 aliphatic heterocycles. The zero-order valence-corrected chi connectivity index (χ0v) is 34.4. The molecule has 1 aliphatic carbocycles. The molecule has 1 saturated carbocycles. The predicted molar refractivity (Wildman–Crippen MR) is 223 cm³/mol. The molecule has 9 nitrogen and oxygen atoms in total. The van der Waals surface area contributed by atoms with E-state index in [9.17, 15) is 19.5 Å². The lowest BCUT2D eigenvalue weighted by molar-refractivity contribution is -0.201. The van der Waals surface area contributed by atoms with Crippen molar-refractivity contribution in [3.8, 4) is 5.75 Å². The minimum Gasteiger partial charge on any atom is -0.483 e. The highest BCUT2D eigenvalue weighted by Crippen LogP contribution is 2.52. The largest absolute Gasteiger partial charge is 0.483 e. The van der Waals surface area contributed by atoms with Gasteiger partial charge in [-0.15, -0.1) is 0 Å². The lowest BCUT2D eigenvalue weighted by atomic mass is 9.71. The Balaban J connectivity index is 1.37. The first kappa shape index (κ1) is 41.4. The van der Waals surface area contributed by atoms with Crippen LogP contribution in [0, 0.1) is 11.8 Å². The summed E-state index contributed by atoms with van der Waals surface area (Å²) in [5, 5.41) is 10.4. The second-order valence-corrected chi connectivity index (χ2v) is 17.0. The van der Waals surface area contributed by atoms with E-state index in [1.54, 1.807) is 13.2 Å². The number of hydrogen-bond acceptors (Lipinski definition) is 9. The molecule has 4 aromatic rings. The normalized spacial score (nSPS) is 23.7. The Morgan fingerprint density at radius 1 is 0.897 bits per heavy atom. The Labute approximate surface area is 341 Å². The highest BCUT2D eigenvalue weighted by atomic mass is 16.6. The number of carbonyl (C=O) groups is 2. The third-order valence-corrected chi connectivity index (χ3v) is 12.8. The van der Waals surface area contributed by atoms with Crippen LogP contribution >= 0.6 is 0 Å². The first-order valence-corrected chi connectivity index (χ1v) is 21.2. The second kappa shape index (κ2) is 18.5. The van der Waals surface area contributed by atoms with Crippen LogP contribution in [0.3, 0.4) is 0 Å². The summed E-state index contributed by atoms with van der Waals surface area (Å²) in [4.78, 5) is 43.0. The van der Waals surface area contributed by atoms with E-state index < -0.39 is 41.3 Å². The highest BCUT2D eigenvalue weighted by molar-refractivity contribution is 5.90. The van der Waals surface area contributed by atoms with Gasteiger partial charge in [-0.2, -0.15) is 0 Å². The molecule has 8 rings (SSSR count). The van der Waals surface area contributed by atoms with E-state index >= 15 is 0 Å². The van der Waals surface area contributed by atoms with Crippen molar-refractivity contribution in [1.82, 2.24) is 0 Å². The Kier molecular flexibility index (Phi) is 13.2. The van der Waals surface area contributed by atoms with Crippen LogP contribution in [0.2, 0.25) is 0 Å². The van der Waals surface area contributed by atoms with Crippen LogP contribution in [-0.2, 0) is 43.1 Å². The number of esters is 2. The molecule has 0 radical (unpaired) electrons. The fraction of sp³-hybridized carbons (Fsp3) is 0.490. The summed E-state index contributed by atoms with van der Waals surface area (Å²) in [5.41, 5.74) is 4.22. The molecule has 1 aromatic heterocycles. The molecule has 4 aliphatic rings. The van der Waals surface area contributed by atoms with Gasteiger partial charge in [0.2, 0.25) is 0 Å². The van der Waals surface area contributed by atoms with Crippen LogP contribution in [0.15, 0.2) is 93.2 Å². The Morgan fingerprint density at radius 2 is 1.64 bits per heavy atom. The smallest absolute Gasteiger partial charge is 0.339 e. The van der Waals surface area contributed by atoms with Gasteiger partial charge in [0.1, 0.15) is 16.9 Å². The maximum absolute atomic E-state index is 14.6. The summed E-state index contributed by atoms with van der Waals surface area (Å²) < 4.78 is 32.0. The number of rotatable bonds is 9. The van der Waals surface area contributed by atoms with Gasteiger partial charge in [0.15, 0.2) is 12.2 Å². The van der Waals surface area contributed by atoms with Crippen molar-refractivity contribution in [3.05, 3.63) is 122 Å². The molecule has 2 bridgehead atoms. The number of methoxy groups -OCH3 is 1. The lowest BCUT2D eigenvalue weighted by Crippen LogP contribution is -2.58. The minimum atomic E-state index is -1.13. The molecule has 5 atom stereocenters. The standard InChI is InChI=1S/C49H58O9/c1-31(2)39-23-21-33-15-18-34(19-16-33)27-35(20-17-32-11-7-5-8-12-32)28-42(51)55-45-43-41(58-49(3,46(45)57-47(39)52)38-13-9-6-10-14-38)24-22-36-29-40(48(53)56-44(36)43)37(25-26-50)30-54-4/h5,7-8,11-12,15-16,18-19,22,24,29,35,37-38,45-46,50H,6,9-10,13-14,17,20-21,23,25-28,30H2,1-4H3/t35-,37-,45+,46+,49+/m1/s1. The highest BCUT2D eigenvalue weighted by Gasteiger charge is 2.56. The summed E-state index contributed by atoms with van der Waals surface area (Å²) >= 11 is 0. The van der Waals surface area contributed by atoms with E-state index in [1.807, 2.05) is 51.1 Å². The van der Waals surface area contributed by atoms with E-state index in [-0.39, 0.29) is 37.1 Å². The molecule has 3 aromatic carbocycles. The third kappa shape index (κ3) is 9.11. The Morgan fingerprint density at radius 3 is 2.34 bits per heavy atom. The number of allylic oxidation sites excluding steroid dienone is 1. The van der Waals surface area contributed by atoms with Gasteiger partial charge < -0.3 is 28.5 Å². The quantitative estimate of drug-likeness (QED) is 0.100. The molecule has 0 spiro atoms. The van der Waals surface area contributed by atoms with Gasteiger partial charge in [0.25, 0.3) is 0 Å². The number of aryl methyl sites for hydroxylation is 2. The number of hydrogen-bond donors (Lipinski definition) is 1. The van der Waals surface area contributed by atoms with Gasteiger partial charge >= 0.3 is 17.6 Å². The maximum atomic E-state index is 14.6. The van der Waals surface area contributed by atoms with Gasteiger partial charge in [-0.05, 0) is 113 Å². The zero-order valence-electron chi connectivity index (χ0n) is 34.4. The summed E-state index contributed by atoms with van der Waals surface area (Å²) in [5.74, 6) is -0.886. The Bertz CT molecular complexity index is 2140. The van der Waals surface area contributed by atoms with Crippen molar-refractivity contribution < 1.29 is 38.1 Å². The summed E-state index contributed by atoms with van der Waals surface area (Å²) in [7, 11) is 1.55. The fourth-order valence-corrected chi connectivity index (χ4v) is 9.47. The number of fused-ring (bicyclic) bond motifs is 13. The average Bonchev–Trinajstić information content (AvgIpc) is 3.21. The molecule has 0 amide bonds. The topological polar surface area (TPSA) is 122 Å². The summed E-state index contributed by atoms with van der Waals surface area (Å²) in [6.07, 6.45) is 6.55. The average molecular weight is 791 g/mol. The van der Waals surface area contributed by atoms with Crippen LogP contribution in [0.4, 0.5) is 0 Å². The van der Waals surface area contributed by atoms with Gasteiger partial charge in [-0.3, -0.25) is 4.79 Å². The van der Waals surface area contributed by atoms with E-state index in [4.69, 9.17) is 23.4 Å². The van der Waals surface area contributed by atoms with Crippen molar-refractivity contribution in [3.63, 3.8) is 0 Å². The maximum Gasteiger partial charge on any atom is 0.339 e. The summed E-state index contributed by atoms with van der Waals surface area (Å²) in [6.45, 7) is 5.93. The number of carbonyl (C=O) groups excluding carboxylic acids is 2. The van der Waals surface area contributed by atoms with E-state index in [0.29, 0.717) is 53.5 Å². The molecule has 4 heterocycles. The number of aliphatic hydroxyl groups is 1. The van der Waals surface area contributed by atoms with Gasteiger partial charge in [0.05, 0.1) is 12.2 Å². The number of benzene rings is 3. The molecule has 1 N–H and O–H groups in total. The fourth-order valence-electron chi connectivity index (χ4n) is 9.47. The molecular weight excluding hydrogens is 733 g/mol. The van der Waals surface area contributed by atoms with Crippen LogP contribution < -0.4 is 10.4 Å². The molecule has 0 saturated heterocycles. The van der Waals surface area contributed by atoms with E-state index in [0.717, 1.165) is 61.6 Å². The SMILES string of the molecule is COC[C@@H](CCO)c1cc2ccc3c(c2oc1=O)[C@@H]1OC(=O)C[C@H](CCc2ccccc2)Cc2ccc(cc2)CCC(=C(C)C)C(=O)O[C@@H]1[C@](C)(C1CCCCC1)O3. The van der Waals surface area contributed by atoms with Crippen LogP contribution in [0.5, 0.6) is 5.75 Å². The van der Waals surface area contributed by atoms with Crippen molar-refractivity contribution in [2.24, 2.45) is 11.8 Å². The monoisotopic (exact) mass is 790 g/mol. The second-order valence-electron chi connectivity index (χ2n) is 17.0. The first-order chi connectivity index (χ1) is 28.1. The zero-order chi connectivity index (χ0) is 40.8. The molecule has 1 fully saturated rings. The van der Waals surface area contributed by atoms with Gasteiger partial charge in [0, 0.05) is 48.5 Å².